The molecule has 3 heterocycles. The molecular weight excluding hydrogens is 430 g/mol. The zero-order chi connectivity index (χ0) is 18.8. The van der Waals surface area contributed by atoms with Crippen molar-refractivity contribution in [2.45, 2.75) is 20.0 Å². The molecule has 0 amide bonds. The summed E-state index contributed by atoms with van der Waals surface area (Å²) < 4.78 is 6.38. The highest BCUT2D eigenvalue weighted by Gasteiger charge is 2.15. The van der Waals surface area contributed by atoms with E-state index in [9.17, 15) is 4.79 Å². The van der Waals surface area contributed by atoms with Crippen molar-refractivity contribution >= 4 is 38.2 Å². The van der Waals surface area contributed by atoms with Gasteiger partial charge in [-0.05, 0) is 40.7 Å². The lowest BCUT2D eigenvalue weighted by atomic mass is 10.2. The van der Waals surface area contributed by atoms with Gasteiger partial charge < -0.3 is 9.51 Å². The van der Waals surface area contributed by atoms with Gasteiger partial charge in [-0.15, -0.1) is 11.3 Å². The Balaban J connectivity index is 1.52. The van der Waals surface area contributed by atoms with Crippen molar-refractivity contribution in [1.82, 2.24) is 25.0 Å². The highest BCUT2D eigenvalue weighted by atomic mass is 79.9. The van der Waals surface area contributed by atoms with Crippen LogP contribution in [0.5, 0.6) is 0 Å². The van der Waals surface area contributed by atoms with Gasteiger partial charge in [0.1, 0.15) is 5.82 Å². The number of hydrogen-bond donors (Lipinski definition) is 1. The van der Waals surface area contributed by atoms with Crippen LogP contribution in [0, 0.1) is 0 Å². The number of aromatic nitrogens is 4. The fourth-order valence-electron chi connectivity index (χ4n) is 2.74. The Labute approximate surface area is 167 Å². The molecule has 27 heavy (non-hydrogen) atoms. The number of H-pyrrole nitrogens is 1. The lowest BCUT2D eigenvalue weighted by Crippen LogP contribution is -2.25. The maximum absolute atomic E-state index is 12.2. The maximum atomic E-state index is 12.2. The van der Waals surface area contributed by atoms with Crippen LogP contribution in [0.15, 0.2) is 49.5 Å². The molecule has 0 saturated carbocycles. The first kappa shape index (κ1) is 18.0. The smallest absolute Gasteiger partial charge is 0.258 e. The van der Waals surface area contributed by atoms with Crippen molar-refractivity contribution in [3.8, 4) is 10.7 Å². The average Bonchev–Trinajstić information content (AvgIpc) is 3.30. The summed E-state index contributed by atoms with van der Waals surface area (Å²) in [6, 6.07) is 9.27. The molecule has 0 fully saturated rings. The summed E-state index contributed by atoms with van der Waals surface area (Å²) in [7, 11) is 0. The number of benzene rings is 1. The second-order valence-electron chi connectivity index (χ2n) is 5.97. The molecule has 0 aliphatic heterocycles. The van der Waals surface area contributed by atoms with Crippen LogP contribution >= 0.6 is 27.3 Å². The molecule has 4 aromatic rings. The summed E-state index contributed by atoms with van der Waals surface area (Å²) in [5.41, 5.74) is 0.561. The van der Waals surface area contributed by atoms with E-state index in [0.29, 0.717) is 41.5 Å². The normalized spacial score (nSPS) is 11.5. The Hall–Kier alpha value is -2.36. The van der Waals surface area contributed by atoms with E-state index < -0.39 is 0 Å². The summed E-state index contributed by atoms with van der Waals surface area (Å²) >= 11 is 4.98. The maximum Gasteiger partial charge on any atom is 0.258 e. The minimum atomic E-state index is -0.130. The number of nitrogens with one attached hydrogen (secondary N) is 1. The van der Waals surface area contributed by atoms with Crippen LogP contribution in [0.25, 0.3) is 21.6 Å². The van der Waals surface area contributed by atoms with E-state index in [0.717, 1.165) is 15.9 Å². The number of nitrogens with zero attached hydrogens (tertiary/aromatic N) is 4. The van der Waals surface area contributed by atoms with Crippen molar-refractivity contribution in [3.05, 3.63) is 62.3 Å². The first-order valence-corrected chi connectivity index (χ1v) is 10.1. The molecule has 0 aliphatic carbocycles. The van der Waals surface area contributed by atoms with Gasteiger partial charge >= 0.3 is 0 Å². The standard InChI is InChI=1S/C18H16BrN5O2S/c1-2-24(8-15-20-13-6-4-3-5-12(13)18(25)21-15)9-16-22-17(23-26-16)14-7-11(19)10-27-14/h3-7,10H,2,8-9H2,1H3,(H,20,21,25). The zero-order valence-corrected chi connectivity index (χ0v) is 16.9. The average molecular weight is 446 g/mol. The van der Waals surface area contributed by atoms with Gasteiger partial charge in [-0.2, -0.15) is 4.98 Å². The lowest BCUT2D eigenvalue weighted by Gasteiger charge is -2.17. The molecule has 1 N–H and O–H groups in total. The second-order valence-corrected chi connectivity index (χ2v) is 7.80. The minimum absolute atomic E-state index is 0.130. The number of rotatable bonds is 6. The Morgan fingerprint density at radius 2 is 2.11 bits per heavy atom. The third-order valence-electron chi connectivity index (χ3n) is 4.10. The van der Waals surface area contributed by atoms with Crippen LogP contribution < -0.4 is 5.56 Å². The number of thiophene rings is 1. The molecule has 9 heteroatoms. The van der Waals surface area contributed by atoms with Gasteiger partial charge in [-0.25, -0.2) is 4.98 Å². The third kappa shape index (κ3) is 4.00. The van der Waals surface area contributed by atoms with Crippen LogP contribution in [0.4, 0.5) is 0 Å². The number of fused-ring (bicyclic) bond motifs is 1. The second kappa shape index (κ2) is 7.71. The molecule has 1 aromatic carbocycles. The molecule has 3 aromatic heterocycles. The summed E-state index contributed by atoms with van der Waals surface area (Å²) in [4.78, 5) is 27.1. The Bertz CT molecular complexity index is 1140. The Kier molecular flexibility index (Phi) is 5.15. The third-order valence-corrected chi connectivity index (χ3v) is 5.78. The van der Waals surface area contributed by atoms with Crippen LogP contribution in [0.2, 0.25) is 0 Å². The summed E-state index contributed by atoms with van der Waals surface area (Å²) in [6.07, 6.45) is 0. The van der Waals surface area contributed by atoms with Crippen molar-refractivity contribution in [2.24, 2.45) is 0 Å². The van der Waals surface area contributed by atoms with Crippen LogP contribution in [-0.4, -0.2) is 31.6 Å². The van der Waals surface area contributed by atoms with Gasteiger partial charge in [-0.3, -0.25) is 9.69 Å². The van der Waals surface area contributed by atoms with E-state index in [4.69, 9.17) is 4.52 Å². The predicted molar refractivity (Wildman–Crippen MR) is 107 cm³/mol. The number of aromatic amines is 1. The monoisotopic (exact) mass is 445 g/mol. The van der Waals surface area contributed by atoms with Crippen LogP contribution in [-0.2, 0) is 13.1 Å². The minimum Gasteiger partial charge on any atom is -0.338 e. The first-order valence-electron chi connectivity index (χ1n) is 8.39. The number of halogens is 1. The molecular formula is C18H16BrN5O2S. The SMILES string of the molecule is CCN(Cc1nc2ccccc2c(=O)[nH]1)Cc1nc(-c2cc(Br)cs2)no1. The molecule has 4 rings (SSSR count). The number of para-hydroxylation sites is 1. The van der Waals surface area contributed by atoms with Gasteiger partial charge in [0, 0.05) is 9.85 Å². The highest BCUT2D eigenvalue weighted by Crippen LogP contribution is 2.27. The molecule has 0 aliphatic rings. The van der Waals surface area contributed by atoms with E-state index in [1.165, 1.54) is 0 Å². The summed E-state index contributed by atoms with van der Waals surface area (Å²) in [6.45, 7) is 3.75. The molecule has 0 atom stereocenters. The van der Waals surface area contributed by atoms with E-state index >= 15 is 0 Å². The molecule has 7 nitrogen and oxygen atoms in total. The lowest BCUT2D eigenvalue weighted by molar-refractivity contribution is 0.224. The van der Waals surface area contributed by atoms with Gasteiger partial charge in [0.2, 0.25) is 11.7 Å². The van der Waals surface area contributed by atoms with Crippen LogP contribution in [0.3, 0.4) is 0 Å². The van der Waals surface area contributed by atoms with E-state index in [1.807, 2.05) is 36.6 Å². The zero-order valence-electron chi connectivity index (χ0n) is 14.5. The molecule has 0 bridgehead atoms. The van der Waals surface area contributed by atoms with Gasteiger partial charge in [0.05, 0.1) is 28.9 Å². The van der Waals surface area contributed by atoms with Crippen molar-refractivity contribution < 1.29 is 4.52 Å². The van der Waals surface area contributed by atoms with E-state index in [2.05, 4.69) is 40.9 Å². The quantitative estimate of drug-likeness (QED) is 0.485. The molecule has 0 unspecified atom stereocenters. The van der Waals surface area contributed by atoms with Crippen molar-refractivity contribution in [2.75, 3.05) is 6.54 Å². The first-order chi connectivity index (χ1) is 13.1. The Morgan fingerprint density at radius 3 is 2.89 bits per heavy atom. The molecule has 0 saturated heterocycles. The van der Waals surface area contributed by atoms with Crippen molar-refractivity contribution in [3.63, 3.8) is 0 Å². The van der Waals surface area contributed by atoms with Crippen LogP contribution in [0.1, 0.15) is 18.6 Å². The van der Waals surface area contributed by atoms with Gasteiger partial charge in [-0.1, -0.05) is 24.2 Å². The fourth-order valence-corrected chi connectivity index (χ4v) is 4.09. The predicted octanol–water partition coefficient (Wildman–Crippen LogP) is 3.82. The number of hydrogen-bond acceptors (Lipinski definition) is 7. The van der Waals surface area contributed by atoms with Gasteiger partial charge in [0.15, 0.2) is 0 Å². The van der Waals surface area contributed by atoms with E-state index in [1.54, 1.807) is 17.4 Å². The molecule has 138 valence electrons. The highest BCUT2D eigenvalue weighted by molar-refractivity contribution is 9.10. The molecule has 0 radical (unpaired) electrons. The van der Waals surface area contributed by atoms with Gasteiger partial charge in [0.25, 0.3) is 5.56 Å². The fraction of sp³-hybridized carbons (Fsp3) is 0.222. The summed E-state index contributed by atoms with van der Waals surface area (Å²) in [5, 5.41) is 6.62. The summed E-state index contributed by atoms with van der Waals surface area (Å²) in [5.74, 6) is 1.72. The topological polar surface area (TPSA) is 87.9 Å². The molecule has 0 spiro atoms. The van der Waals surface area contributed by atoms with Crippen molar-refractivity contribution in [1.29, 1.82) is 0 Å². The largest absolute Gasteiger partial charge is 0.338 e. The Morgan fingerprint density at radius 1 is 1.26 bits per heavy atom. The van der Waals surface area contributed by atoms with E-state index in [-0.39, 0.29) is 5.56 Å².